The van der Waals surface area contributed by atoms with Gasteiger partial charge in [-0.3, -0.25) is 4.79 Å². The molecular formula is C16H26N4O2. The molecule has 1 aliphatic heterocycles. The Morgan fingerprint density at radius 2 is 2.14 bits per heavy atom. The second kappa shape index (κ2) is 6.77. The van der Waals surface area contributed by atoms with Gasteiger partial charge in [-0.2, -0.15) is 4.98 Å². The first-order valence-corrected chi connectivity index (χ1v) is 8.49. The maximum Gasteiger partial charge on any atom is 0.249 e. The van der Waals surface area contributed by atoms with Crippen molar-refractivity contribution >= 4 is 5.91 Å². The van der Waals surface area contributed by atoms with E-state index < -0.39 is 0 Å². The molecule has 2 unspecified atom stereocenters. The average Bonchev–Trinajstić information content (AvgIpc) is 3.26. The zero-order valence-corrected chi connectivity index (χ0v) is 13.5. The van der Waals surface area contributed by atoms with Gasteiger partial charge in [0, 0.05) is 24.9 Å². The molecule has 1 aliphatic carbocycles. The summed E-state index contributed by atoms with van der Waals surface area (Å²) in [5.74, 6) is 1.84. The Bertz CT molecular complexity index is 510. The molecule has 2 atom stereocenters. The standard InChI is InChI=1S/C16H26N4O2/c1-11(17-2)10-14-18-15(22-19-14)13-8-5-9-20(13)16(21)12-6-3-4-7-12/h11-13,17H,3-10H2,1-2H3. The maximum absolute atomic E-state index is 12.7. The third-order valence-corrected chi connectivity index (χ3v) is 4.99. The fourth-order valence-corrected chi connectivity index (χ4v) is 3.56. The summed E-state index contributed by atoms with van der Waals surface area (Å²) in [4.78, 5) is 19.2. The number of carbonyl (C=O) groups is 1. The lowest BCUT2D eigenvalue weighted by Crippen LogP contribution is -2.35. The van der Waals surface area contributed by atoms with Gasteiger partial charge in [0.05, 0.1) is 0 Å². The van der Waals surface area contributed by atoms with Gasteiger partial charge in [-0.15, -0.1) is 0 Å². The van der Waals surface area contributed by atoms with Crippen LogP contribution in [0.15, 0.2) is 4.52 Å². The van der Waals surface area contributed by atoms with E-state index in [4.69, 9.17) is 4.52 Å². The lowest BCUT2D eigenvalue weighted by atomic mass is 10.1. The van der Waals surface area contributed by atoms with Crippen molar-refractivity contribution in [3.05, 3.63) is 11.7 Å². The minimum atomic E-state index is -0.0146. The van der Waals surface area contributed by atoms with E-state index in [0.29, 0.717) is 17.8 Å². The van der Waals surface area contributed by atoms with Gasteiger partial charge in [-0.05, 0) is 39.7 Å². The fourth-order valence-electron chi connectivity index (χ4n) is 3.56. The zero-order chi connectivity index (χ0) is 15.5. The Kier molecular flexibility index (Phi) is 4.76. The summed E-state index contributed by atoms with van der Waals surface area (Å²) in [5.41, 5.74) is 0. The van der Waals surface area contributed by atoms with Gasteiger partial charge in [-0.25, -0.2) is 0 Å². The van der Waals surface area contributed by atoms with Crippen LogP contribution >= 0.6 is 0 Å². The monoisotopic (exact) mass is 306 g/mol. The normalized spacial score (nSPS) is 24.1. The lowest BCUT2D eigenvalue weighted by Gasteiger charge is -2.24. The van der Waals surface area contributed by atoms with Gasteiger partial charge in [0.15, 0.2) is 5.82 Å². The smallest absolute Gasteiger partial charge is 0.249 e. The summed E-state index contributed by atoms with van der Waals surface area (Å²) >= 11 is 0. The Labute approximate surface area is 131 Å². The summed E-state index contributed by atoms with van der Waals surface area (Å²) < 4.78 is 5.45. The molecule has 2 fully saturated rings. The Balaban J connectivity index is 1.68. The van der Waals surface area contributed by atoms with Crippen molar-refractivity contribution in [3.8, 4) is 0 Å². The fraction of sp³-hybridized carbons (Fsp3) is 0.812. The number of aromatic nitrogens is 2. The number of amides is 1. The van der Waals surface area contributed by atoms with Gasteiger partial charge < -0.3 is 14.7 Å². The second-order valence-corrected chi connectivity index (χ2v) is 6.61. The first-order chi connectivity index (χ1) is 10.7. The van der Waals surface area contributed by atoms with Crippen molar-refractivity contribution in [2.75, 3.05) is 13.6 Å². The van der Waals surface area contributed by atoms with Crippen LogP contribution in [0.1, 0.15) is 63.2 Å². The number of hydrogen-bond donors (Lipinski definition) is 1. The number of rotatable bonds is 5. The van der Waals surface area contributed by atoms with Gasteiger partial charge in [-0.1, -0.05) is 18.0 Å². The molecular weight excluding hydrogens is 280 g/mol. The summed E-state index contributed by atoms with van der Waals surface area (Å²) in [6.07, 6.45) is 7.13. The van der Waals surface area contributed by atoms with Crippen LogP contribution < -0.4 is 5.32 Å². The number of hydrogen-bond acceptors (Lipinski definition) is 5. The van der Waals surface area contributed by atoms with Crippen molar-refractivity contribution in [3.63, 3.8) is 0 Å². The Morgan fingerprint density at radius 3 is 2.86 bits per heavy atom. The molecule has 1 aromatic heterocycles. The van der Waals surface area contributed by atoms with Crippen molar-refractivity contribution in [1.29, 1.82) is 0 Å². The predicted molar refractivity (Wildman–Crippen MR) is 82.2 cm³/mol. The van der Waals surface area contributed by atoms with Gasteiger partial charge in [0.25, 0.3) is 0 Å². The van der Waals surface area contributed by atoms with Crippen LogP contribution in [0.25, 0.3) is 0 Å². The first kappa shape index (κ1) is 15.5. The molecule has 6 nitrogen and oxygen atoms in total. The van der Waals surface area contributed by atoms with Crippen molar-refractivity contribution in [2.45, 2.75) is 64.0 Å². The van der Waals surface area contributed by atoms with E-state index in [9.17, 15) is 4.79 Å². The molecule has 0 aromatic carbocycles. The second-order valence-electron chi connectivity index (χ2n) is 6.61. The molecule has 1 saturated heterocycles. The van der Waals surface area contributed by atoms with Gasteiger partial charge >= 0.3 is 0 Å². The van der Waals surface area contributed by atoms with Gasteiger partial charge in [0.1, 0.15) is 6.04 Å². The summed E-state index contributed by atoms with van der Waals surface area (Å²) in [6.45, 7) is 2.91. The summed E-state index contributed by atoms with van der Waals surface area (Å²) in [7, 11) is 1.92. The van der Waals surface area contributed by atoms with E-state index in [1.54, 1.807) is 0 Å². The largest absolute Gasteiger partial charge is 0.337 e. The molecule has 22 heavy (non-hydrogen) atoms. The Morgan fingerprint density at radius 1 is 1.36 bits per heavy atom. The topological polar surface area (TPSA) is 71.3 Å². The molecule has 122 valence electrons. The number of nitrogens with zero attached hydrogens (tertiary/aromatic N) is 3. The van der Waals surface area contributed by atoms with Crippen LogP contribution in [-0.4, -0.2) is 40.6 Å². The van der Waals surface area contributed by atoms with Gasteiger partial charge in [0.2, 0.25) is 11.8 Å². The number of likely N-dealkylation sites (tertiary alicyclic amines) is 1. The lowest BCUT2D eigenvalue weighted by molar-refractivity contribution is -0.136. The number of likely N-dealkylation sites (N-methyl/N-ethyl adjacent to an activating group) is 1. The van der Waals surface area contributed by atoms with Crippen LogP contribution in [0, 0.1) is 5.92 Å². The van der Waals surface area contributed by atoms with Crippen molar-refractivity contribution in [1.82, 2.24) is 20.4 Å². The predicted octanol–water partition coefficient (Wildman–Crippen LogP) is 2.07. The quantitative estimate of drug-likeness (QED) is 0.901. The third kappa shape index (κ3) is 3.16. The highest BCUT2D eigenvalue weighted by atomic mass is 16.5. The number of nitrogens with one attached hydrogen (secondary N) is 1. The highest BCUT2D eigenvalue weighted by Gasteiger charge is 2.37. The third-order valence-electron chi connectivity index (χ3n) is 4.99. The van der Waals surface area contributed by atoms with E-state index in [0.717, 1.165) is 44.5 Å². The number of carbonyl (C=O) groups excluding carboxylic acids is 1. The van der Waals surface area contributed by atoms with Crippen molar-refractivity contribution < 1.29 is 9.32 Å². The van der Waals surface area contributed by atoms with Crippen molar-refractivity contribution in [2.24, 2.45) is 5.92 Å². The molecule has 6 heteroatoms. The summed E-state index contributed by atoms with van der Waals surface area (Å²) in [5, 5.41) is 7.25. The molecule has 2 aliphatic rings. The molecule has 1 aromatic rings. The average molecular weight is 306 g/mol. The van der Waals surface area contributed by atoms with Crippen LogP contribution in [0.5, 0.6) is 0 Å². The molecule has 0 bridgehead atoms. The van der Waals surface area contributed by atoms with E-state index in [1.165, 1.54) is 12.8 Å². The highest BCUT2D eigenvalue weighted by Crippen LogP contribution is 2.35. The van der Waals surface area contributed by atoms with Crippen LogP contribution in [0.3, 0.4) is 0 Å². The maximum atomic E-state index is 12.7. The molecule has 0 radical (unpaired) electrons. The summed E-state index contributed by atoms with van der Waals surface area (Å²) in [6, 6.07) is 0.296. The molecule has 1 amide bonds. The van der Waals surface area contributed by atoms with E-state index in [1.807, 2.05) is 11.9 Å². The van der Waals surface area contributed by atoms with Crippen LogP contribution in [0.4, 0.5) is 0 Å². The van der Waals surface area contributed by atoms with Crippen LogP contribution in [0.2, 0.25) is 0 Å². The molecule has 0 spiro atoms. The minimum absolute atomic E-state index is 0.0146. The van der Waals surface area contributed by atoms with Crippen LogP contribution in [-0.2, 0) is 11.2 Å². The molecule has 1 saturated carbocycles. The SMILES string of the molecule is CNC(C)Cc1noc(C2CCCN2C(=O)C2CCCC2)n1. The first-order valence-electron chi connectivity index (χ1n) is 8.49. The molecule has 1 N–H and O–H groups in total. The molecule has 2 heterocycles. The zero-order valence-electron chi connectivity index (χ0n) is 13.5. The van der Waals surface area contributed by atoms with E-state index >= 15 is 0 Å². The van der Waals surface area contributed by atoms with E-state index in [2.05, 4.69) is 22.4 Å². The highest BCUT2D eigenvalue weighted by molar-refractivity contribution is 5.79. The molecule has 3 rings (SSSR count). The Hall–Kier alpha value is -1.43. The van der Waals surface area contributed by atoms with E-state index in [-0.39, 0.29) is 12.0 Å². The minimum Gasteiger partial charge on any atom is -0.337 e.